The van der Waals surface area contributed by atoms with Gasteiger partial charge in [0.25, 0.3) is 5.91 Å². The molecule has 0 bridgehead atoms. The Hall–Kier alpha value is -3.22. The maximum absolute atomic E-state index is 12.0. The van der Waals surface area contributed by atoms with Crippen molar-refractivity contribution in [3.8, 4) is 17.2 Å². The van der Waals surface area contributed by atoms with Crippen molar-refractivity contribution in [1.29, 1.82) is 0 Å². The van der Waals surface area contributed by atoms with E-state index in [0.717, 1.165) is 5.75 Å². The summed E-state index contributed by atoms with van der Waals surface area (Å²) < 4.78 is 21.5. The minimum Gasteiger partial charge on any atom is -0.494 e. The Labute approximate surface area is 157 Å². The van der Waals surface area contributed by atoms with Gasteiger partial charge in [-0.25, -0.2) is 0 Å². The number of hydrogen-bond acceptors (Lipinski definition) is 6. The first-order chi connectivity index (χ1) is 13.2. The molecule has 2 aromatic carbocycles. The Morgan fingerprint density at radius 2 is 1.74 bits per heavy atom. The van der Waals surface area contributed by atoms with Crippen LogP contribution in [0.4, 0.5) is 5.69 Å². The van der Waals surface area contributed by atoms with Crippen molar-refractivity contribution in [3.05, 3.63) is 48.5 Å². The van der Waals surface area contributed by atoms with Crippen LogP contribution in [0.3, 0.4) is 0 Å². The van der Waals surface area contributed by atoms with Gasteiger partial charge in [-0.1, -0.05) is 12.1 Å². The number of fused-ring (bicyclic) bond motifs is 1. The smallest absolute Gasteiger partial charge is 0.310 e. The average Bonchev–Trinajstić information content (AvgIpc) is 2.67. The number of nitrogens with one attached hydrogen (secondary N) is 1. The van der Waals surface area contributed by atoms with Crippen molar-refractivity contribution in [2.24, 2.45) is 0 Å². The van der Waals surface area contributed by atoms with E-state index in [-0.39, 0.29) is 25.5 Å². The largest absolute Gasteiger partial charge is 0.494 e. The molecule has 1 unspecified atom stereocenters. The van der Waals surface area contributed by atoms with Gasteiger partial charge in [0.2, 0.25) is 0 Å². The van der Waals surface area contributed by atoms with Crippen LogP contribution in [0.1, 0.15) is 13.3 Å². The number of esters is 1. The molecule has 1 heterocycles. The second-order valence-corrected chi connectivity index (χ2v) is 5.77. The Morgan fingerprint density at radius 3 is 2.48 bits per heavy atom. The highest BCUT2D eigenvalue weighted by Gasteiger charge is 2.30. The highest BCUT2D eigenvalue weighted by Crippen LogP contribution is 2.29. The zero-order valence-electron chi connectivity index (χ0n) is 15.0. The molecule has 2 aromatic rings. The van der Waals surface area contributed by atoms with Crippen LogP contribution < -0.4 is 19.5 Å². The van der Waals surface area contributed by atoms with Crippen molar-refractivity contribution in [2.45, 2.75) is 19.4 Å². The minimum absolute atomic E-state index is 0.0803. The van der Waals surface area contributed by atoms with Crippen LogP contribution in [0, 0.1) is 0 Å². The van der Waals surface area contributed by atoms with Crippen molar-refractivity contribution >= 4 is 17.6 Å². The second kappa shape index (κ2) is 8.93. The van der Waals surface area contributed by atoms with Crippen LogP contribution in [0.2, 0.25) is 0 Å². The zero-order valence-corrected chi connectivity index (χ0v) is 15.0. The van der Waals surface area contributed by atoms with E-state index in [1.165, 1.54) is 0 Å². The molecule has 7 heteroatoms. The molecule has 3 rings (SSSR count). The molecule has 0 radical (unpaired) electrons. The fourth-order valence-corrected chi connectivity index (χ4v) is 2.55. The van der Waals surface area contributed by atoms with Gasteiger partial charge >= 0.3 is 5.97 Å². The van der Waals surface area contributed by atoms with E-state index in [1.54, 1.807) is 36.4 Å². The number of rotatable bonds is 8. The molecule has 0 fully saturated rings. The molecule has 0 aliphatic carbocycles. The fraction of sp³-hybridized carbons (Fsp3) is 0.300. The van der Waals surface area contributed by atoms with E-state index < -0.39 is 12.1 Å². The van der Waals surface area contributed by atoms with Crippen LogP contribution >= 0.6 is 0 Å². The monoisotopic (exact) mass is 371 g/mol. The molecule has 1 amide bonds. The summed E-state index contributed by atoms with van der Waals surface area (Å²) in [5.74, 6) is 1.07. The van der Waals surface area contributed by atoms with Gasteiger partial charge in [-0.05, 0) is 43.3 Å². The van der Waals surface area contributed by atoms with Gasteiger partial charge in [0, 0.05) is 0 Å². The molecule has 27 heavy (non-hydrogen) atoms. The topological polar surface area (TPSA) is 83.1 Å². The summed E-state index contributed by atoms with van der Waals surface area (Å²) in [5, 5.41) is 2.71. The highest BCUT2D eigenvalue weighted by molar-refractivity contribution is 5.99. The summed E-state index contributed by atoms with van der Waals surface area (Å²) in [7, 11) is 0. The summed E-state index contributed by atoms with van der Waals surface area (Å²) in [5.41, 5.74) is 0.593. The first-order valence-electron chi connectivity index (χ1n) is 8.73. The normalized spacial score (nSPS) is 15.1. The molecular weight excluding hydrogens is 350 g/mol. The Kier molecular flexibility index (Phi) is 6.14. The predicted molar refractivity (Wildman–Crippen MR) is 98.2 cm³/mol. The third-order valence-electron chi connectivity index (χ3n) is 3.81. The van der Waals surface area contributed by atoms with Crippen molar-refractivity contribution in [3.63, 3.8) is 0 Å². The van der Waals surface area contributed by atoms with Gasteiger partial charge in [-0.2, -0.15) is 0 Å². The summed E-state index contributed by atoms with van der Waals surface area (Å²) in [6, 6.07) is 14.2. The lowest BCUT2D eigenvalue weighted by molar-refractivity contribution is -0.148. The lowest BCUT2D eigenvalue weighted by Gasteiger charge is -2.25. The lowest BCUT2D eigenvalue weighted by atomic mass is 10.1. The Bertz CT molecular complexity index is 789. The number of hydrogen-bond donors (Lipinski definition) is 1. The Balaban J connectivity index is 1.39. The maximum Gasteiger partial charge on any atom is 0.310 e. The molecule has 0 aromatic heterocycles. The molecule has 1 aliphatic rings. The second-order valence-electron chi connectivity index (χ2n) is 5.77. The molecule has 0 saturated heterocycles. The number of anilines is 1. The summed E-state index contributed by atoms with van der Waals surface area (Å²) >= 11 is 0. The molecule has 0 spiro atoms. The van der Waals surface area contributed by atoms with Crippen molar-refractivity contribution < 1.29 is 28.5 Å². The molecule has 1 N–H and O–H groups in total. The standard InChI is InChI=1S/C20H21NO6/c1-2-24-14-7-9-15(10-8-14)25-11-12-26-19(22)13-18-20(23)21-16-5-3-4-6-17(16)27-18/h3-10,18H,2,11-13H2,1H3,(H,21,23). The molecule has 0 saturated carbocycles. The fourth-order valence-electron chi connectivity index (χ4n) is 2.55. The van der Waals surface area contributed by atoms with E-state index >= 15 is 0 Å². The number of para-hydroxylation sites is 2. The number of amides is 1. The molecule has 1 aliphatic heterocycles. The number of benzene rings is 2. The first kappa shape index (κ1) is 18.6. The van der Waals surface area contributed by atoms with Gasteiger partial charge in [0.1, 0.15) is 30.5 Å². The van der Waals surface area contributed by atoms with E-state index in [2.05, 4.69) is 5.32 Å². The number of ether oxygens (including phenoxy) is 4. The zero-order chi connectivity index (χ0) is 19.1. The Morgan fingerprint density at radius 1 is 1.04 bits per heavy atom. The quantitative estimate of drug-likeness (QED) is 0.568. The van der Waals surface area contributed by atoms with Crippen LogP contribution in [-0.4, -0.2) is 37.8 Å². The van der Waals surface area contributed by atoms with Gasteiger partial charge in [-0.15, -0.1) is 0 Å². The van der Waals surface area contributed by atoms with E-state index in [4.69, 9.17) is 18.9 Å². The van der Waals surface area contributed by atoms with Crippen LogP contribution in [0.5, 0.6) is 17.2 Å². The van der Waals surface area contributed by atoms with Crippen LogP contribution in [-0.2, 0) is 14.3 Å². The SMILES string of the molecule is CCOc1ccc(OCCOC(=O)CC2Oc3ccccc3NC2=O)cc1. The van der Waals surface area contributed by atoms with Crippen molar-refractivity contribution in [1.82, 2.24) is 0 Å². The van der Waals surface area contributed by atoms with E-state index in [9.17, 15) is 9.59 Å². The molecule has 7 nitrogen and oxygen atoms in total. The van der Waals surface area contributed by atoms with E-state index in [1.807, 2.05) is 19.1 Å². The highest BCUT2D eigenvalue weighted by atomic mass is 16.6. The first-order valence-corrected chi connectivity index (χ1v) is 8.73. The third kappa shape index (κ3) is 5.13. The predicted octanol–water partition coefficient (Wildman–Crippen LogP) is 2.80. The molecule has 142 valence electrons. The van der Waals surface area contributed by atoms with Gasteiger partial charge in [0.15, 0.2) is 6.10 Å². The van der Waals surface area contributed by atoms with Gasteiger partial charge < -0.3 is 24.3 Å². The molecule has 1 atom stereocenters. The van der Waals surface area contributed by atoms with Crippen molar-refractivity contribution in [2.75, 3.05) is 25.1 Å². The number of carbonyl (C=O) groups excluding carboxylic acids is 2. The lowest BCUT2D eigenvalue weighted by Crippen LogP contribution is -2.39. The maximum atomic E-state index is 12.0. The third-order valence-corrected chi connectivity index (χ3v) is 3.81. The summed E-state index contributed by atoms with van der Waals surface area (Å²) in [6.45, 7) is 2.81. The van der Waals surface area contributed by atoms with Gasteiger partial charge in [0.05, 0.1) is 18.7 Å². The van der Waals surface area contributed by atoms with Crippen LogP contribution in [0.25, 0.3) is 0 Å². The van der Waals surface area contributed by atoms with E-state index in [0.29, 0.717) is 23.8 Å². The minimum atomic E-state index is -0.903. The number of carbonyl (C=O) groups is 2. The summed E-state index contributed by atoms with van der Waals surface area (Å²) in [4.78, 5) is 23.9. The average molecular weight is 371 g/mol. The van der Waals surface area contributed by atoms with Gasteiger partial charge in [-0.3, -0.25) is 9.59 Å². The summed E-state index contributed by atoms with van der Waals surface area (Å²) in [6.07, 6.45) is -1.07. The molecular formula is C20H21NO6. The van der Waals surface area contributed by atoms with Crippen LogP contribution in [0.15, 0.2) is 48.5 Å².